The van der Waals surface area contributed by atoms with Gasteiger partial charge in [0.2, 0.25) is 10.0 Å². The van der Waals surface area contributed by atoms with Crippen LogP contribution in [-0.4, -0.2) is 44.1 Å². The maximum Gasteiger partial charge on any atom is 0.252 e. The zero-order chi connectivity index (χ0) is 17.0. The van der Waals surface area contributed by atoms with Gasteiger partial charge in [-0.3, -0.25) is 9.59 Å². The predicted octanol–water partition coefficient (Wildman–Crippen LogP) is 0.928. The van der Waals surface area contributed by atoms with E-state index in [1.165, 1.54) is 29.4 Å². The van der Waals surface area contributed by atoms with Crippen molar-refractivity contribution in [1.29, 1.82) is 0 Å². The molecule has 1 aliphatic heterocycles. The monoisotopic (exact) mass is 340 g/mol. The lowest BCUT2D eigenvalue weighted by Crippen LogP contribution is -2.28. The van der Waals surface area contributed by atoms with Crippen LogP contribution in [0, 0.1) is 0 Å². The van der Waals surface area contributed by atoms with E-state index in [1.807, 2.05) is 0 Å². The van der Waals surface area contributed by atoms with E-state index in [0.717, 1.165) is 12.8 Å². The third-order valence-electron chi connectivity index (χ3n) is 3.63. The molecule has 1 aromatic rings. The van der Waals surface area contributed by atoms with Crippen molar-refractivity contribution in [3.05, 3.63) is 23.8 Å². The topological polar surface area (TPSA) is 107 Å². The number of nitrogens with zero attached hydrogens (tertiary/aromatic N) is 1. The van der Waals surface area contributed by atoms with Crippen molar-refractivity contribution in [2.45, 2.75) is 31.1 Å². The molecule has 0 atom stereocenters. The van der Waals surface area contributed by atoms with Gasteiger partial charge in [0.1, 0.15) is 11.5 Å². The summed E-state index contributed by atoms with van der Waals surface area (Å²) in [6.07, 6.45) is 1.86. The molecule has 8 heteroatoms. The molecule has 1 amide bonds. The molecular weight excluding hydrogens is 320 g/mol. The van der Waals surface area contributed by atoms with Crippen molar-refractivity contribution in [3.63, 3.8) is 0 Å². The molecule has 1 fully saturated rings. The van der Waals surface area contributed by atoms with E-state index in [0.29, 0.717) is 13.1 Å². The first kappa shape index (κ1) is 17.4. The highest BCUT2D eigenvalue weighted by molar-refractivity contribution is 7.89. The van der Waals surface area contributed by atoms with Crippen molar-refractivity contribution < 1.29 is 22.7 Å². The van der Waals surface area contributed by atoms with Crippen molar-refractivity contribution >= 4 is 21.7 Å². The molecule has 1 aromatic carbocycles. The molecule has 2 rings (SSSR count). The van der Waals surface area contributed by atoms with Gasteiger partial charge in [0.05, 0.1) is 17.1 Å². The molecule has 1 saturated heterocycles. The standard InChI is InChI=1S/C15H20N2O5S/c1-11(18)6-9-22-14-5-4-12(10-13(14)15(16)19)23(20,21)17-7-2-3-8-17/h4-5,10H,2-3,6-9H2,1H3,(H2,16,19). The summed E-state index contributed by atoms with van der Waals surface area (Å²) >= 11 is 0. The number of ketones is 1. The van der Waals surface area contributed by atoms with Gasteiger partial charge in [-0.15, -0.1) is 0 Å². The van der Waals surface area contributed by atoms with Gasteiger partial charge < -0.3 is 10.5 Å². The zero-order valence-electron chi connectivity index (χ0n) is 12.9. The molecule has 0 saturated carbocycles. The van der Waals surface area contributed by atoms with Gasteiger partial charge in [-0.2, -0.15) is 4.31 Å². The Labute approximate surface area is 135 Å². The van der Waals surface area contributed by atoms with Crippen molar-refractivity contribution in [3.8, 4) is 5.75 Å². The molecule has 1 heterocycles. The highest BCUT2D eigenvalue weighted by Crippen LogP contribution is 2.26. The number of rotatable bonds is 7. The number of hydrogen-bond donors (Lipinski definition) is 1. The van der Waals surface area contributed by atoms with E-state index in [4.69, 9.17) is 10.5 Å². The molecule has 0 spiro atoms. The number of carbonyl (C=O) groups excluding carboxylic acids is 2. The highest BCUT2D eigenvalue weighted by atomic mass is 32.2. The smallest absolute Gasteiger partial charge is 0.252 e. The molecule has 0 aliphatic carbocycles. The summed E-state index contributed by atoms with van der Waals surface area (Å²) in [5.41, 5.74) is 5.31. The Morgan fingerprint density at radius 2 is 1.91 bits per heavy atom. The molecule has 0 aromatic heterocycles. The van der Waals surface area contributed by atoms with Crippen LogP contribution >= 0.6 is 0 Å². The quantitative estimate of drug-likeness (QED) is 0.794. The van der Waals surface area contributed by atoms with Gasteiger partial charge in [0, 0.05) is 19.5 Å². The SMILES string of the molecule is CC(=O)CCOc1ccc(S(=O)(=O)N2CCCC2)cc1C(N)=O. The third-order valence-corrected chi connectivity index (χ3v) is 5.53. The Hall–Kier alpha value is -1.93. The molecule has 126 valence electrons. The van der Waals surface area contributed by atoms with Gasteiger partial charge in [-0.25, -0.2) is 8.42 Å². The minimum absolute atomic E-state index is 0.00572. The molecule has 0 radical (unpaired) electrons. The molecule has 1 aliphatic rings. The Bertz CT molecular complexity index is 709. The number of hydrogen-bond acceptors (Lipinski definition) is 5. The van der Waals surface area contributed by atoms with E-state index >= 15 is 0 Å². The third kappa shape index (κ3) is 4.08. The summed E-state index contributed by atoms with van der Waals surface area (Å²) in [5, 5.41) is 0. The molecule has 2 N–H and O–H groups in total. The predicted molar refractivity (Wildman–Crippen MR) is 83.7 cm³/mol. The fourth-order valence-corrected chi connectivity index (χ4v) is 3.91. The Balaban J connectivity index is 2.28. The number of Topliss-reactive ketones (excluding diaryl/α,β-unsaturated/α-hetero) is 1. The first-order valence-electron chi connectivity index (χ1n) is 7.38. The zero-order valence-corrected chi connectivity index (χ0v) is 13.8. The largest absolute Gasteiger partial charge is 0.492 e. The summed E-state index contributed by atoms with van der Waals surface area (Å²) in [4.78, 5) is 22.5. The average Bonchev–Trinajstić information content (AvgIpc) is 3.01. The van der Waals surface area contributed by atoms with Gasteiger partial charge >= 0.3 is 0 Å². The van der Waals surface area contributed by atoms with Crippen molar-refractivity contribution in [2.24, 2.45) is 5.73 Å². The lowest BCUT2D eigenvalue weighted by atomic mass is 10.2. The fraction of sp³-hybridized carbons (Fsp3) is 0.467. The normalized spacial score (nSPS) is 15.5. The summed E-state index contributed by atoms with van der Waals surface area (Å²) in [7, 11) is -3.63. The van der Waals surface area contributed by atoms with Crippen LogP contribution in [0.2, 0.25) is 0 Å². The first-order chi connectivity index (χ1) is 10.8. The van der Waals surface area contributed by atoms with Crippen LogP contribution in [0.15, 0.2) is 23.1 Å². The lowest BCUT2D eigenvalue weighted by molar-refractivity contribution is -0.117. The van der Waals surface area contributed by atoms with Gasteiger partial charge in [0.15, 0.2) is 0 Å². The van der Waals surface area contributed by atoms with Gasteiger partial charge in [-0.05, 0) is 38.0 Å². The van der Waals surface area contributed by atoms with Crippen LogP contribution in [0.5, 0.6) is 5.75 Å². The Morgan fingerprint density at radius 3 is 2.48 bits per heavy atom. The lowest BCUT2D eigenvalue weighted by Gasteiger charge is -2.17. The molecule has 0 bridgehead atoms. The number of primary amides is 1. The Kier molecular flexibility index (Phi) is 5.38. The second kappa shape index (κ2) is 7.10. The number of carbonyl (C=O) groups is 2. The summed E-state index contributed by atoms with van der Waals surface area (Å²) < 4.78 is 31.8. The van der Waals surface area contributed by atoms with E-state index in [9.17, 15) is 18.0 Å². The van der Waals surface area contributed by atoms with Crippen LogP contribution in [0.3, 0.4) is 0 Å². The van der Waals surface area contributed by atoms with Crippen molar-refractivity contribution in [2.75, 3.05) is 19.7 Å². The average molecular weight is 340 g/mol. The van der Waals surface area contributed by atoms with Crippen LogP contribution in [-0.2, 0) is 14.8 Å². The van der Waals surface area contributed by atoms with E-state index in [1.54, 1.807) is 0 Å². The number of ether oxygens (including phenoxy) is 1. The molecule has 23 heavy (non-hydrogen) atoms. The maximum atomic E-state index is 12.5. The van der Waals surface area contributed by atoms with Crippen LogP contribution in [0.4, 0.5) is 0 Å². The van der Waals surface area contributed by atoms with Crippen molar-refractivity contribution in [1.82, 2.24) is 4.31 Å². The first-order valence-corrected chi connectivity index (χ1v) is 8.82. The molecular formula is C15H20N2O5S. The van der Waals surface area contributed by atoms with Gasteiger partial charge in [-0.1, -0.05) is 0 Å². The minimum atomic E-state index is -3.63. The maximum absolute atomic E-state index is 12.5. The second-order valence-electron chi connectivity index (χ2n) is 5.43. The Morgan fingerprint density at radius 1 is 1.26 bits per heavy atom. The molecule has 0 unspecified atom stereocenters. The van der Waals surface area contributed by atoms with Crippen LogP contribution in [0.1, 0.15) is 36.5 Å². The fourth-order valence-electron chi connectivity index (χ4n) is 2.37. The second-order valence-corrected chi connectivity index (χ2v) is 7.37. The number of sulfonamides is 1. The summed E-state index contributed by atoms with van der Waals surface area (Å²) in [6, 6.07) is 4.03. The van der Waals surface area contributed by atoms with E-state index in [2.05, 4.69) is 0 Å². The number of benzene rings is 1. The van der Waals surface area contributed by atoms with Gasteiger partial charge in [0.25, 0.3) is 5.91 Å². The van der Waals surface area contributed by atoms with Crippen LogP contribution < -0.4 is 10.5 Å². The molecule has 7 nitrogen and oxygen atoms in total. The van der Waals surface area contributed by atoms with Crippen LogP contribution in [0.25, 0.3) is 0 Å². The van der Waals surface area contributed by atoms with E-state index < -0.39 is 15.9 Å². The number of amides is 1. The summed E-state index contributed by atoms with van der Waals surface area (Å²) in [6.45, 7) is 2.49. The summed E-state index contributed by atoms with van der Waals surface area (Å²) in [5.74, 6) is -0.640. The number of nitrogens with two attached hydrogens (primary N) is 1. The highest BCUT2D eigenvalue weighted by Gasteiger charge is 2.28. The minimum Gasteiger partial charge on any atom is -0.492 e. The van der Waals surface area contributed by atoms with E-state index in [-0.39, 0.29) is 35.0 Å².